The van der Waals surface area contributed by atoms with Crippen LogP contribution < -0.4 is 0 Å². The van der Waals surface area contributed by atoms with Crippen LogP contribution in [0.1, 0.15) is 5.56 Å². The molecule has 88 valence electrons. The van der Waals surface area contributed by atoms with E-state index in [1.165, 1.54) is 6.07 Å². The summed E-state index contributed by atoms with van der Waals surface area (Å²) in [4.78, 5) is 28.5. The standard InChI is InChI=1S/C8H5N3O6/c12-9(13)4-3-6-1-2-7(10(14)15)8(5-6)11(16)17/h1-5H. The number of hydrogen-bond acceptors (Lipinski definition) is 6. The monoisotopic (exact) mass is 239 g/mol. The van der Waals surface area contributed by atoms with Crippen molar-refractivity contribution in [3.63, 3.8) is 0 Å². The molecule has 0 aliphatic carbocycles. The van der Waals surface area contributed by atoms with Crippen LogP contribution in [-0.4, -0.2) is 14.8 Å². The summed E-state index contributed by atoms with van der Waals surface area (Å²) in [7, 11) is 0. The first-order valence-corrected chi connectivity index (χ1v) is 4.16. The van der Waals surface area contributed by atoms with Crippen LogP contribution >= 0.6 is 0 Å². The molecule has 1 rings (SSSR count). The van der Waals surface area contributed by atoms with Gasteiger partial charge in [-0.15, -0.1) is 0 Å². The maximum absolute atomic E-state index is 10.6. The summed E-state index contributed by atoms with van der Waals surface area (Å²) in [5.41, 5.74) is -1.23. The van der Waals surface area contributed by atoms with Gasteiger partial charge in [0.15, 0.2) is 0 Å². The molecule has 0 fully saturated rings. The van der Waals surface area contributed by atoms with Crippen LogP contribution in [0.3, 0.4) is 0 Å². The van der Waals surface area contributed by atoms with E-state index in [1.807, 2.05) is 0 Å². The zero-order valence-electron chi connectivity index (χ0n) is 8.18. The largest absolute Gasteiger partial charge is 0.346 e. The third-order valence-electron chi connectivity index (χ3n) is 1.78. The fraction of sp³-hybridized carbons (Fsp3) is 0. The Kier molecular flexibility index (Phi) is 3.44. The highest BCUT2D eigenvalue weighted by atomic mass is 16.6. The molecule has 0 aromatic heterocycles. The second kappa shape index (κ2) is 4.79. The van der Waals surface area contributed by atoms with Gasteiger partial charge in [-0.1, -0.05) is 0 Å². The molecule has 0 amide bonds. The Morgan fingerprint density at radius 3 is 2.00 bits per heavy atom. The van der Waals surface area contributed by atoms with Gasteiger partial charge in [0.1, 0.15) is 0 Å². The lowest BCUT2D eigenvalue weighted by Gasteiger charge is -1.95. The van der Waals surface area contributed by atoms with Crippen LogP contribution in [0.2, 0.25) is 0 Å². The van der Waals surface area contributed by atoms with Crippen LogP contribution in [0.4, 0.5) is 11.4 Å². The molecule has 17 heavy (non-hydrogen) atoms. The van der Waals surface area contributed by atoms with Crippen LogP contribution in [0.5, 0.6) is 0 Å². The molecule has 9 heteroatoms. The van der Waals surface area contributed by atoms with Gasteiger partial charge in [0, 0.05) is 18.2 Å². The summed E-state index contributed by atoms with van der Waals surface area (Å²) in [5.74, 6) is 0. The minimum atomic E-state index is -0.915. The molecule has 0 saturated carbocycles. The van der Waals surface area contributed by atoms with Crippen molar-refractivity contribution < 1.29 is 14.8 Å². The quantitative estimate of drug-likeness (QED) is 0.581. The molecule has 9 nitrogen and oxygen atoms in total. The van der Waals surface area contributed by atoms with Crippen LogP contribution in [-0.2, 0) is 0 Å². The summed E-state index contributed by atoms with van der Waals surface area (Å²) in [5, 5.41) is 31.1. The maximum atomic E-state index is 10.6. The molecule has 0 aliphatic rings. The third kappa shape index (κ3) is 3.06. The Morgan fingerprint density at radius 1 is 0.941 bits per heavy atom. The van der Waals surface area contributed by atoms with Crippen molar-refractivity contribution in [1.29, 1.82) is 0 Å². The van der Waals surface area contributed by atoms with Crippen molar-refractivity contribution in [2.75, 3.05) is 0 Å². The van der Waals surface area contributed by atoms with Gasteiger partial charge in [-0.05, 0) is 11.6 Å². The predicted octanol–water partition coefficient (Wildman–Crippen LogP) is 1.75. The average molecular weight is 239 g/mol. The van der Waals surface area contributed by atoms with Gasteiger partial charge in [-0.3, -0.25) is 30.3 Å². The first-order chi connectivity index (χ1) is 7.91. The predicted molar refractivity (Wildman–Crippen MR) is 55.8 cm³/mol. The normalized spacial score (nSPS) is 10.4. The highest BCUT2D eigenvalue weighted by Gasteiger charge is 2.23. The minimum absolute atomic E-state index is 0.138. The van der Waals surface area contributed by atoms with E-state index in [0.29, 0.717) is 6.20 Å². The van der Waals surface area contributed by atoms with Crippen molar-refractivity contribution in [3.8, 4) is 0 Å². The van der Waals surface area contributed by atoms with Crippen molar-refractivity contribution in [2.24, 2.45) is 0 Å². The Hall–Kier alpha value is -2.84. The van der Waals surface area contributed by atoms with Crippen LogP contribution in [0.25, 0.3) is 6.08 Å². The fourth-order valence-electron chi connectivity index (χ4n) is 1.09. The van der Waals surface area contributed by atoms with E-state index in [-0.39, 0.29) is 5.56 Å². The highest BCUT2D eigenvalue weighted by Crippen LogP contribution is 2.27. The summed E-state index contributed by atoms with van der Waals surface area (Å²) < 4.78 is 0. The highest BCUT2D eigenvalue weighted by molar-refractivity contribution is 5.61. The molecule has 0 N–H and O–H groups in total. The molecule has 1 aromatic carbocycles. The first kappa shape index (κ1) is 12.2. The van der Waals surface area contributed by atoms with E-state index in [9.17, 15) is 30.3 Å². The second-order valence-electron chi connectivity index (χ2n) is 2.86. The van der Waals surface area contributed by atoms with Crippen molar-refractivity contribution in [2.45, 2.75) is 0 Å². The van der Waals surface area contributed by atoms with Gasteiger partial charge >= 0.3 is 11.4 Å². The average Bonchev–Trinajstić information content (AvgIpc) is 2.25. The topological polar surface area (TPSA) is 129 Å². The van der Waals surface area contributed by atoms with Gasteiger partial charge in [-0.25, -0.2) is 0 Å². The molecular weight excluding hydrogens is 234 g/mol. The Bertz CT molecular complexity index is 524. The van der Waals surface area contributed by atoms with E-state index in [2.05, 4.69) is 0 Å². The molecule has 0 spiro atoms. The lowest BCUT2D eigenvalue weighted by molar-refractivity contribution is -0.422. The van der Waals surface area contributed by atoms with Gasteiger partial charge in [0.2, 0.25) is 6.20 Å². The van der Waals surface area contributed by atoms with E-state index in [0.717, 1.165) is 18.2 Å². The summed E-state index contributed by atoms with van der Waals surface area (Å²) in [6.07, 6.45) is 1.60. The molecule has 0 atom stereocenters. The van der Waals surface area contributed by atoms with E-state index >= 15 is 0 Å². The van der Waals surface area contributed by atoms with Gasteiger partial charge in [-0.2, -0.15) is 0 Å². The number of nitrogens with zero attached hydrogens (tertiary/aromatic N) is 3. The van der Waals surface area contributed by atoms with E-state index < -0.39 is 26.1 Å². The third-order valence-corrected chi connectivity index (χ3v) is 1.78. The molecule has 0 heterocycles. The smallest absolute Gasteiger partial charge is 0.259 e. The molecule has 0 aliphatic heterocycles. The zero-order chi connectivity index (χ0) is 13.0. The maximum Gasteiger partial charge on any atom is 0.346 e. The first-order valence-electron chi connectivity index (χ1n) is 4.16. The van der Waals surface area contributed by atoms with Crippen molar-refractivity contribution in [1.82, 2.24) is 0 Å². The number of hydrogen-bond donors (Lipinski definition) is 0. The summed E-state index contributed by atoms with van der Waals surface area (Å²) >= 11 is 0. The molecule has 0 unspecified atom stereocenters. The van der Waals surface area contributed by atoms with Crippen molar-refractivity contribution >= 4 is 17.5 Å². The number of benzene rings is 1. The molecule has 0 radical (unpaired) electrons. The lowest BCUT2D eigenvalue weighted by atomic mass is 10.1. The SMILES string of the molecule is O=[N+]([O-])C=Cc1ccc([N+](=O)[O-])c([N+](=O)[O-])c1. The fourth-order valence-corrected chi connectivity index (χ4v) is 1.09. The Balaban J connectivity index is 3.23. The number of nitro benzene ring substituents is 2. The second-order valence-corrected chi connectivity index (χ2v) is 2.86. The van der Waals surface area contributed by atoms with E-state index in [1.54, 1.807) is 0 Å². The molecule has 0 bridgehead atoms. The minimum Gasteiger partial charge on any atom is -0.259 e. The van der Waals surface area contributed by atoms with Gasteiger partial charge in [0.05, 0.1) is 14.8 Å². The Labute approximate surface area is 93.4 Å². The lowest BCUT2D eigenvalue weighted by Crippen LogP contribution is -1.96. The summed E-state index contributed by atoms with van der Waals surface area (Å²) in [6.45, 7) is 0. The van der Waals surface area contributed by atoms with Gasteiger partial charge in [0.25, 0.3) is 0 Å². The molecule has 0 saturated heterocycles. The number of nitro groups is 3. The summed E-state index contributed by atoms with van der Waals surface area (Å²) in [6, 6.07) is 3.01. The Morgan fingerprint density at radius 2 is 1.53 bits per heavy atom. The molecular formula is C8H5N3O6. The van der Waals surface area contributed by atoms with Gasteiger partial charge < -0.3 is 0 Å². The van der Waals surface area contributed by atoms with Crippen LogP contribution in [0, 0.1) is 30.3 Å². The number of rotatable bonds is 4. The molecule has 1 aromatic rings. The van der Waals surface area contributed by atoms with E-state index in [4.69, 9.17) is 0 Å². The van der Waals surface area contributed by atoms with Crippen molar-refractivity contribution in [3.05, 3.63) is 60.3 Å². The van der Waals surface area contributed by atoms with Crippen LogP contribution in [0.15, 0.2) is 24.4 Å². The zero-order valence-corrected chi connectivity index (χ0v) is 8.18.